The Bertz CT molecular complexity index is 244. The van der Waals surface area contributed by atoms with Crippen molar-refractivity contribution in [1.29, 1.82) is 0 Å². The molecule has 2 aliphatic carbocycles. The van der Waals surface area contributed by atoms with Crippen molar-refractivity contribution in [2.75, 3.05) is 0 Å². The molecular weight excluding hydrogens is 162 g/mol. The molecule has 0 bridgehead atoms. The minimum absolute atomic E-state index is 0.176. The van der Waals surface area contributed by atoms with Crippen molar-refractivity contribution in [2.45, 2.75) is 38.5 Å². The monoisotopic (exact) mass is 179 g/mol. The second-order valence-corrected chi connectivity index (χ2v) is 4.38. The average molecular weight is 179 g/mol. The van der Waals surface area contributed by atoms with Gasteiger partial charge in [0.15, 0.2) is 0 Å². The standard InChI is InChI=1S/C11H17NO/c12-11(13)7-8-5-9-3-1-2-4-10(9)6-8/h5,9-10H,1-4,6-7H2,(H2,12,13). The van der Waals surface area contributed by atoms with Gasteiger partial charge in [-0.2, -0.15) is 0 Å². The summed E-state index contributed by atoms with van der Waals surface area (Å²) in [6, 6.07) is 0. The third kappa shape index (κ3) is 1.93. The molecule has 0 aromatic carbocycles. The molecule has 2 heteroatoms. The molecule has 2 N–H and O–H groups in total. The number of hydrogen-bond acceptors (Lipinski definition) is 1. The molecule has 72 valence electrons. The molecule has 1 saturated carbocycles. The van der Waals surface area contributed by atoms with Gasteiger partial charge >= 0.3 is 0 Å². The summed E-state index contributed by atoms with van der Waals surface area (Å²) < 4.78 is 0. The molecule has 13 heavy (non-hydrogen) atoms. The Labute approximate surface area is 79.2 Å². The van der Waals surface area contributed by atoms with E-state index in [1.807, 2.05) is 0 Å². The average Bonchev–Trinajstić information content (AvgIpc) is 2.44. The normalized spacial score (nSPS) is 32.5. The third-order valence-corrected chi connectivity index (χ3v) is 3.34. The summed E-state index contributed by atoms with van der Waals surface area (Å²) in [5.74, 6) is 1.43. The van der Waals surface area contributed by atoms with Crippen molar-refractivity contribution in [2.24, 2.45) is 17.6 Å². The zero-order valence-electron chi connectivity index (χ0n) is 7.96. The van der Waals surface area contributed by atoms with Gasteiger partial charge < -0.3 is 5.73 Å². The highest BCUT2D eigenvalue weighted by molar-refractivity contribution is 5.76. The van der Waals surface area contributed by atoms with Gasteiger partial charge in [-0.05, 0) is 31.1 Å². The zero-order chi connectivity index (χ0) is 9.26. The molecule has 0 saturated heterocycles. The summed E-state index contributed by atoms with van der Waals surface area (Å²) in [5.41, 5.74) is 6.48. The molecule has 0 aliphatic heterocycles. The van der Waals surface area contributed by atoms with Crippen LogP contribution in [0.4, 0.5) is 0 Å². The summed E-state index contributed by atoms with van der Waals surface area (Å²) in [5, 5.41) is 0. The summed E-state index contributed by atoms with van der Waals surface area (Å²) in [6.45, 7) is 0. The first-order valence-corrected chi connectivity index (χ1v) is 5.23. The highest BCUT2D eigenvalue weighted by Crippen LogP contribution is 2.41. The van der Waals surface area contributed by atoms with E-state index in [-0.39, 0.29) is 5.91 Å². The summed E-state index contributed by atoms with van der Waals surface area (Å²) in [7, 11) is 0. The molecule has 0 radical (unpaired) electrons. The molecule has 1 amide bonds. The van der Waals surface area contributed by atoms with Crippen LogP contribution in [0.1, 0.15) is 38.5 Å². The maximum Gasteiger partial charge on any atom is 0.221 e. The van der Waals surface area contributed by atoms with Gasteiger partial charge in [0, 0.05) is 6.42 Å². The van der Waals surface area contributed by atoms with Crippen LogP contribution in [0.5, 0.6) is 0 Å². The van der Waals surface area contributed by atoms with Crippen molar-refractivity contribution in [1.82, 2.24) is 0 Å². The van der Waals surface area contributed by atoms with Gasteiger partial charge in [0.1, 0.15) is 0 Å². The molecule has 2 atom stereocenters. The predicted octanol–water partition coefficient (Wildman–Crippen LogP) is 2.00. The van der Waals surface area contributed by atoms with Gasteiger partial charge in [0.25, 0.3) is 0 Å². The third-order valence-electron chi connectivity index (χ3n) is 3.34. The van der Waals surface area contributed by atoms with E-state index in [1.165, 1.54) is 31.3 Å². The van der Waals surface area contributed by atoms with Crippen LogP contribution in [0.25, 0.3) is 0 Å². The van der Waals surface area contributed by atoms with E-state index in [0.29, 0.717) is 6.42 Å². The molecule has 2 nitrogen and oxygen atoms in total. The smallest absolute Gasteiger partial charge is 0.221 e. The van der Waals surface area contributed by atoms with Crippen LogP contribution in [0.15, 0.2) is 11.6 Å². The molecule has 0 spiro atoms. The van der Waals surface area contributed by atoms with Gasteiger partial charge in [-0.15, -0.1) is 0 Å². The molecule has 2 rings (SSSR count). The van der Waals surface area contributed by atoms with Gasteiger partial charge in [-0.1, -0.05) is 24.5 Å². The van der Waals surface area contributed by atoms with E-state index >= 15 is 0 Å². The minimum atomic E-state index is -0.176. The first-order chi connectivity index (χ1) is 6.25. The lowest BCUT2D eigenvalue weighted by Crippen LogP contribution is -2.13. The van der Waals surface area contributed by atoms with Crippen LogP contribution in [0, 0.1) is 11.8 Å². The van der Waals surface area contributed by atoms with Crippen LogP contribution < -0.4 is 5.73 Å². The fraction of sp³-hybridized carbons (Fsp3) is 0.727. The molecular formula is C11H17NO. The SMILES string of the molecule is NC(=O)CC1=CC2CCCCC2C1. The Morgan fingerprint density at radius 3 is 2.92 bits per heavy atom. The zero-order valence-corrected chi connectivity index (χ0v) is 7.96. The molecule has 2 unspecified atom stereocenters. The van der Waals surface area contributed by atoms with Gasteiger partial charge in [0.05, 0.1) is 0 Å². The first kappa shape index (κ1) is 8.79. The lowest BCUT2D eigenvalue weighted by Gasteiger charge is -2.24. The van der Waals surface area contributed by atoms with E-state index in [9.17, 15) is 4.79 Å². The van der Waals surface area contributed by atoms with Crippen molar-refractivity contribution in [3.8, 4) is 0 Å². The second-order valence-electron chi connectivity index (χ2n) is 4.38. The minimum Gasteiger partial charge on any atom is -0.369 e. The van der Waals surface area contributed by atoms with Crippen molar-refractivity contribution < 1.29 is 4.79 Å². The number of primary amides is 1. The lowest BCUT2D eigenvalue weighted by atomic mass is 9.81. The number of carbonyl (C=O) groups excluding carboxylic acids is 1. The molecule has 2 aliphatic rings. The van der Waals surface area contributed by atoms with E-state index in [0.717, 1.165) is 18.3 Å². The van der Waals surface area contributed by atoms with E-state index in [1.54, 1.807) is 0 Å². The Morgan fingerprint density at radius 2 is 2.23 bits per heavy atom. The summed E-state index contributed by atoms with van der Waals surface area (Å²) >= 11 is 0. The number of nitrogens with two attached hydrogens (primary N) is 1. The number of fused-ring (bicyclic) bond motifs is 1. The first-order valence-electron chi connectivity index (χ1n) is 5.23. The number of hydrogen-bond donors (Lipinski definition) is 1. The van der Waals surface area contributed by atoms with E-state index < -0.39 is 0 Å². The number of amides is 1. The van der Waals surface area contributed by atoms with Crippen LogP contribution >= 0.6 is 0 Å². The van der Waals surface area contributed by atoms with Crippen molar-refractivity contribution in [3.05, 3.63) is 11.6 Å². The maximum atomic E-state index is 10.7. The Balaban J connectivity index is 1.97. The predicted molar refractivity (Wildman–Crippen MR) is 52.0 cm³/mol. The van der Waals surface area contributed by atoms with Crippen LogP contribution in [0.3, 0.4) is 0 Å². The van der Waals surface area contributed by atoms with Gasteiger partial charge in [-0.3, -0.25) is 4.79 Å². The van der Waals surface area contributed by atoms with Crippen LogP contribution in [-0.4, -0.2) is 5.91 Å². The number of rotatable bonds is 2. The quantitative estimate of drug-likeness (QED) is 0.647. The molecule has 0 heterocycles. The fourth-order valence-corrected chi connectivity index (χ4v) is 2.77. The largest absolute Gasteiger partial charge is 0.369 e. The highest BCUT2D eigenvalue weighted by atomic mass is 16.1. The summed E-state index contributed by atoms with van der Waals surface area (Å²) in [6.07, 6.45) is 9.35. The molecule has 0 aromatic heterocycles. The fourth-order valence-electron chi connectivity index (χ4n) is 2.77. The van der Waals surface area contributed by atoms with Crippen molar-refractivity contribution in [3.63, 3.8) is 0 Å². The summed E-state index contributed by atoms with van der Waals surface area (Å²) in [4.78, 5) is 10.7. The Morgan fingerprint density at radius 1 is 1.46 bits per heavy atom. The van der Waals surface area contributed by atoms with Crippen LogP contribution in [0.2, 0.25) is 0 Å². The lowest BCUT2D eigenvalue weighted by molar-refractivity contribution is -0.117. The maximum absolute atomic E-state index is 10.7. The van der Waals surface area contributed by atoms with E-state index in [2.05, 4.69) is 6.08 Å². The van der Waals surface area contributed by atoms with Crippen LogP contribution in [-0.2, 0) is 4.79 Å². The van der Waals surface area contributed by atoms with Gasteiger partial charge in [0.2, 0.25) is 5.91 Å². The highest BCUT2D eigenvalue weighted by Gasteiger charge is 2.29. The van der Waals surface area contributed by atoms with E-state index in [4.69, 9.17) is 5.73 Å². The Kier molecular flexibility index (Phi) is 2.38. The number of allylic oxidation sites excluding steroid dienone is 1. The molecule has 1 fully saturated rings. The Hall–Kier alpha value is -0.790. The topological polar surface area (TPSA) is 43.1 Å². The van der Waals surface area contributed by atoms with Gasteiger partial charge in [-0.25, -0.2) is 0 Å². The molecule has 0 aromatic rings. The van der Waals surface area contributed by atoms with Crippen molar-refractivity contribution >= 4 is 5.91 Å². The number of carbonyl (C=O) groups is 1. The second kappa shape index (κ2) is 3.52.